The first-order valence-electron chi connectivity index (χ1n) is 7.50. The smallest absolute Gasteiger partial charge is 0.0849 e. The molecule has 0 aromatic carbocycles. The predicted molar refractivity (Wildman–Crippen MR) is 76.3 cm³/mol. The van der Waals surface area contributed by atoms with Crippen LogP contribution in [-0.2, 0) is 6.54 Å². The third-order valence-corrected chi connectivity index (χ3v) is 4.11. The van der Waals surface area contributed by atoms with Gasteiger partial charge in [0.1, 0.15) is 0 Å². The van der Waals surface area contributed by atoms with Gasteiger partial charge < -0.3 is 5.11 Å². The van der Waals surface area contributed by atoms with Crippen molar-refractivity contribution in [3.8, 4) is 0 Å². The van der Waals surface area contributed by atoms with Crippen LogP contribution in [-0.4, -0.2) is 24.7 Å². The van der Waals surface area contributed by atoms with E-state index in [1.54, 1.807) is 6.20 Å². The lowest BCUT2D eigenvalue weighted by Gasteiger charge is -2.08. The van der Waals surface area contributed by atoms with E-state index in [2.05, 4.69) is 27.1 Å². The maximum Gasteiger partial charge on any atom is 0.0849 e. The number of nitrogens with zero attached hydrogens (tertiary/aromatic N) is 4. The summed E-state index contributed by atoms with van der Waals surface area (Å²) in [7, 11) is 0. The molecular weight excluding hydrogens is 252 g/mol. The molecule has 1 fully saturated rings. The van der Waals surface area contributed by atoms with Crippen LogP contribution >= 0.6 is 0 Å². The third kappa shape index (κ3) is 2.77. The van der Waals surface area contributed by atoms with Gasteiger partial charge in [0.2, 0.25) is 0 Å². The Morgan fingerprint density at radius 3 is 2.95 bits per heavy atom. The molecule has 1 aliphatic carbocycles. The normalized spacial score (nSPS) is 17.7. The van der Waals surface area contributed by atoms with E-state index in [1.807, 2.05) is 17.8 Å². The predicted octanol–water partition coefficient (Wildman–Crippen LogP) is 2.69. The molecule has 2 heterocycles. The Morgan fingerprint density at radius 2 is 2.20 bits per heavy atom. The Labute approximate surface area is 119 Å². The molecule has 0 amide bonds. The average molecular weight is 274 g/mol. The first-order valence-corrected chi connectivity index (χ1v) is 7.50. The van der Waals surface area contributed by atoms with Crippen molar-refractivity contribution in [3.05, 3.63) is 35.9 Å². The summed E-state index contributed by atoms with van der Waals surface area (Å²) in [5.41, 5.74) is 1.90. The van der Waals surface area contributed by atoms with E-state index in [0.717, 1.165) is 11.3 Å². The molecule has 0 radical (unpaired) electrons. The standard InChI is InChI=1S/C15H22N4O/c1-2-15(20)12-9-16-18(10-12)11-13-7-8-19(17-13)14-5-3-4-6-14/h7-10,14-15,20H,2-6,11H2,1H3. The van der Waals surface area contributed by atoms with Crippen LogP contribution in [0.15, 0.2) is 24.7 Å². The number of hydrogen-bond donors (Lipinski definition) is 1. The molecule has 5 heteroatoms. The highest BCUT2D eigenvalue weighted by Crippen LogP contribution is 2.28. The lowest BCUT2D eigenvalue weighted by molar-refractivity contribution is 0.173. The van der Waals surface area contributed by atoms with E-state index in [-0.39, 0.29) is 0 Å². The molecular formula is C15H22N4O. The van der Waals surface area contributed by atoms with Gasteiger partial charge >= 0.3 is 0 Å². The largest absolute Gasteiger partial charge is 0.388 e. The summed E-state index contributed by atoms with van der Waals surface area (Å²) >= 11 is 0. The summed E-state index contributed by atoms with van der Waals surface area (Å²) in [5.74, 6) is 0. The first kappa shape index (κ1) is 13.4. The van der Waals surface area contributed by atoms with Crippen molar-refractivity contribution in [2.24, 2.45) is 0 Å². The van der Waals surface area contributed by atoms with E-state index in [4.69, 9.17) is 0 Å². The summed E-state index contributed by atoms with van der Waals surface area (Å²) in [6.07, 6.45) is 11.1. The zero-order valence-corrected chi connectivity index (χ0v) is 11.9. The van der Waals surface area contributed by atoms with Crippen LogP contribution in [0.25, 0.3) is 0 Å². The molecule has 0 saturated heterocycles. The van der Waals surface area contributed by atoms with E-state index in [0.29, 0.717) is 19.0 Å². The van der Waals surface area contributed by atoms with Gasteiger partial charge in [-0.25, -0.2) is 0 Å². The summed E-state index contributed by atoms with van der Waals surface area (Å²) in [4.78, 5) is 0. The van der Waals surface area contributed by atoms with E-state index < -0.39 is 6.10 Å². The van der Waals surface area contributed by atoms with Crippen LogP contribution < -0.4 is 0 Å². The van der Waals surface area contributed by atoms with Gasteiger partial charge in [0.05, 0.1) is 30.6 Å². The maximum atomic E-state index is 9.78. The number of aliphatic hydroxyl groups is 1. The molecule has 3 rings (SSSR count). The van der Waals surface area contributed by atoms with Crippen LogP contribution in [0.2, 0.25) is 0 Å². The van der Waals surface area contributed by atoms with Crippen molar-refractivity contribution >= 4 is 0 Å². The van der Waals surface area contributed by atoms with Gasteiger partial charge in [-0.3, -0.25) is 9.36 Å². The second kappa shape index (κ2) is 5.79. The Kier molecular flexibility index (Phi) is 3.87. The van der Waals surface area contributed by atoms with E-state index in [9.17, 15) is 5.11 Å². The molecule has 20 heavy (non-hydrogen) atoms. The first-order chi connectivity index (χ1) is 9.76. The highest BCUT2D eigenvalue weighted by atomic mass is 16.3. The molecule has 1 aliphatic rings. The molecule has 2 aromatic heterocycles. The fourth-order valence-electron chi connectivity index (χ4n) is 2.87. The lowest BCUT2D eigenvalue weighted by Crippen LogP contribution is -2.07. The third-order valence-electron chi connectivity index (χ3n) is 4.11. The summed E-state index contributed by atoms with van der Waals surface area (Å²) in [5, 5.41) is 18.7. The van der Waals surface area contributed by atoms with Crippen LogP contribution in [0.4, 0.5) is 0 Å². The highest BCUT2D eigenvalue weighted by molar-refractivity contribution is 5.09. The van der Waals surface area contributed by atoms with Crippen molar-refractivity contribution in [2.45, 2.75) is 57.7 Å². The molecule has 0 bridgehead atoms. The zero-order valence-electron chi connectivity index (χ0n) is 11.9. The quantitative estimate of drug-likeness (QED) is 0.912. The number of hydrogen-bond acceptors (Lipinski definition) is 3. The Hall–Kier alpha value is -1.62. The maximum absolute atomic E-state index is 9.78. The van der Waals surface area contributed by atoms with Crippen LogP contribution in [0.3, 0.4) is 0 Å². The molecule has 2 aromatic rings. The lowest BCUT2D eigenvalue weighted by atomic mass is 10.2. The minimum absolute atomic E-state index is 0.417. The topological polar surface area (TPSA) is 55.9 Å². The van der Waals surface area contributed by atoms with Gasteiger partial charge in [-0.05, 0) is 25.3 Å². The van der Waals surface area contributed by atoms with Gasteiger partial charge in [-0.2, -0.15) is 10.2 Å². The highest BCUT2D eigenvalue weighted by Gasteiger charge is 2.17. The van der Waals surface area contributed by atoms with Gasteiger partial charge in [0.25, 0.3) is 0 Å². The second-order valence-electron chi connectivity index (χ2n) is 5.62. The monoisotopic (exact) mass is 274 g/mol. The van der Waals surface area contributed by atoms with Crippen molar-refractivity contribution < 1.29 is 5.11 Å². The zero-order chi connectivity index (χ0) is 13.9. The molecule has 108 valence electrons. The van der Waals surface area contributed by atoms with Gasteiger partial charge in [0, 0.05) is 18.0 Å². The summed E-state index contributed by atoms with van der Waals surface area (Å²) < 4.78 is 3.95. The molecule has 0 aliphatic heterocycles. The van der Waals surface area contributed by atoms with Crippen molar-refractivity contribution in [1.82, 2.24) is 19.6 Å². The Balaban J connectivity index is 1.66. The fraction of sp³-hybridized carbons (Fsp3) is 0.600. The number of aromatic nitrogens is 4. The van der Waals surface area contributed by atoms with Gasteiger partial charge in [0.15, 0.2) is 0 Å². The molecule has 5 nitrogen and oxygen atoms in total. The number of rotatable bonds is 5. The Morgan fingerprint density at radius 1 is 1.40 bits per heavy atom. The molecule has 1 atom stereocenters. The van der Waals surface area contributed by atoms with E-state index >= 15 is 0 Å². The van der Waals surface area contributed by atoms with Crippen LogP contribution in [0.5, 0.6) is 0 Å². The molecule has 0 spiro atoms. The SMILES string of the molecule is CCC(O)c1cnn(Cc2ccn(C3CCCC3)n2)c1. The fourth-order valence-corrected chi connectivity index (χ4v) is 2.87. The Bertz CT molecular complexity index is 554. The summed E-state index contributed by atoms with van der Waals surface area (Å²) in [6, 6.07) is 2.65. The van der Waals surface area contributed by atoms with Crippen molar-refractivity contribution in [3.63, 3.8) is 0 Å². The van der Waals surface area contributed by atoms with E-state index in [1.165, 1.54) is 25.7 Å². The van der Waals surface area contributed by atoms with Crippen molar-refractivity contribution in [1.29, 1.82) is 0 Å². The average Bonchev–Trinajstić information content (AvgIpc) is 3.19. The second-order valence-corrected chi connectivity index (χ2v) is 5.62. The summed E-state index contributed by atoms with van der Waals surface area (Å²) in [6.45, 7) is 2.63. The molecule has 1 saturated carbocycles. The van der Waals surface area contributed by atoms with Crippen molar-refractivity contribution in [2.75, 3.05) is 0 Å². The minimum Gasteiger partial charge on any atom is -0.388 e. The van der Waals surface area contributed by atoms with Gasteiger partial charge in [-0.1, -0.05) is 19.8 Å². The molecule has 1 unspecified atom stereocenters. The molecule has 1 N–H and O–H groups in total. The van der Waals surface area contributed by atoms with Crippen LogP contribution in [0.1, 0.15) is 62.4 Å². The number of aliphatic hydroxyl groups excluding tert-OH is 1. The van der Waals surface area contributed by atoms with Crippen LogP contribution in [0, 0.1) is 0 Å². The van der Waals surface area contributed by atoms with Gasteiger partial charge in [-0.15, -0.1) is 0 Å². The minimum atomic E-state index is -0.417.